The summed E-state index contributed by atoms with van der Waals surface area (Å²) in [5.74, 6) is 0.930. The van der Waals surface area contributed by atoms with Crippen LogP contribution < -0.4 is 10.1 Å². The number of carbonyl (C=O) groups excluding carboxylic acids is 1. The number of amides is 1. The molecular weight excluding hydrogens is 280 g/mol. The Bertz CT molecular complexity index is 453. The fraction of sp³-hybridized carbons (Fsp3) is 0.588. The van der Waals surface area contributed by atoms with E-state index in [2.05, 4.69) is 10.2 Å². The number of nitrogens with zero attached hydrogens (tertiary/aromatic N) is 1. The van der Waals surface area contributed by atoms with Crippen molar-refractivity contribution < 1.29 is 14.3 Å². The van der Waals surface area contributed by atoms with E-state index in [9.17, 15) is 4.79 Å². The van der Waals surface area contributed by atoms with E-state index in [1.54, 1.807) is 14.2 Å². The quantitative estimate of drug-likeness (QED) is 0.835. The Hall–Kier alpha value is -1.59. The number of rotatable bonds is 7. The van der Waals surface area contributed by atoms with Crippen molar-refractivity contribution in [2.45, 2.75) is 31.9 Å². The summed E-state index contributed by atoms with van der Waals surface area (Å²) in [6, 6.07) is 7.74. The number of benzene rings is 1. The molecule has 0 aromatic heterocycles. The molecule has 122 valence electrons. The topological polar surface area (TPSA) is 50.8 Å². The first-order chi connectivity index (χ1) is 10.7. The van der Waals surface area contributed by atoms with Crippen LogP contribution in [0.25, 0.3) is 0 Å². The van der Waals surface area contributed by atoms with Gasteiger partial charge in [0.15, 0.2) is 0 Å². The third-order valence-electron chi connectivity index (χ3n) is 4.17. The molecule has 0 atom stereocenters. The van der Waals surface area contributed by atoms with Crippen molar-refractivity contribution in [3.8, 4) is 5.75 Å². The van der Waals surface area contributed by atoms with E-state index in [0.717, 1.165) is 43.8 Å². The monoisotopic (exact) mass is 306 g/mol. The summed E-state index contributed by atoms with van der Waals surface area (Å²) in [7, 11) is 3.42. The number of methoxy groups -OCH3 is 2. The average Bonchev–Trinajstić information content (AvgIpc) is 2.59. The minimum absolute atomic E-state index is 0.102. The minimum atomic E-state index is 0.102. The number of hydrogen-bond donors (Lipinski definition) is 1. The molecule has 0 radical (unpaired) electrons. The summed E-state index contributed by atoms with van der Waals surface area (Å²) in [5.41, 5.74) is 1.08. The molecule has 1 saturated heterocycles. The molecular formula is C17H26N2O3. The molecule has 22 heavy (non-hydrogen) atoms. The molecule has 1 aliphatic rings. The Balaban J connectivity index is 1.63. The predicted octanol–water partition coefficient (Wildman–Crippen LogP) is 1.81. The summed E-state index contributed by atoms with van der Waals surface area (Å²) in [5, 5.41) is 2.96. The zero-order valence-corrected chi connectivity index (χ0v) is 13.5. The van der Waals surface area contributed by atoms with Gasteiger partial charge in [-0.1, -0.05) is 12.1 Å². The first-order valence-corrected chi connectivity index (χ1v) is 7.86. The highest BCUT2D eigenvalue weighted by Gasteiger charge is 2.18. The Labute approximate surface area is 132 Å². The normalized spacial score (nSPS) is 16.5. The van der Waals surface area contributed by atoms with Crippen molar-refractivity contribution in [2.24, 2.45) is 0 Å². The minimum Gasteiger partial charge on any atom is -0.497 e. The lowest BCUT2D eigenvalue weighted by Crippen LogP contribution is -2.38. The van der Waals surface area contributed by atoms with Gasteiger partial charge in [-0.2, -0.15) is 0 Å². The molecule has 1 fully saturated rings. The lowest BCUT2D eigenvalue weighted by Gasteiger charge is -2.30. The van der Waals surface area contributed by atoms with E-state index >= 15 is 0 Å². The number of carbonyl (C=O) groups is 1. The van der Waals surface area contributed by atoms with E-state index in [1.165, 1.54) is 0 Å². The molecule has 0 bridgehead atoms. The van der Waals surface area contributed by atoms with Crippen LogP contribution in [0.3, 0.4) is 0 Å². The van der Waals surface area contributed by atoms with E-state index in [4.69, 9.17) is 9.47 Å². The number of hydrogen-bond acceptors (Lipinski definition) is 4. The van der Waals surface area contributed by atoms with Gasteiger partial charge in [-0.25, -0.2) is 0 Å². The molecule has 1 aromatic carbocycles. The van der Waals surface area contributed by atoms with Crippen molar-refractivity contribution in [1.29, 1.82) is 0 Å². The smallest absolute Gasteiger partial charge is 0.221 e. The van der Waals surface area contributed by atoms with Crippen LogP contribution in [0.4, 0.5) is 0 Å². The Morgan fingerprint density at radius 3 is 2.50 bits per heavy atom. The summed E-state index contributed by atoms with van der Waals surface area (Å²) < 4.78 is 10.5. The number of piperidine rings is 1. The zero-order valence-electron chi connectivity index (χ0n) is 13.5. The van der Waals surface area contributed by atoms with Gasteiger partial charge in [-0.15, -0.1) is 0 Å². The van der Waals surface area contributed by atoms with Gasteiger partial charge in [0.1, 0.15) is 5.75 Å². The van der Waals surface area contributed by atoms with Gasteiger partial charge in [-0.3, -0.25) is 4.79 Å². The van der Waals surface area contributed by atoms with Crippen molar-refractivity contribution in [1.82, 2.24) is 10.2 Å². The molecule has 0 saturated carbocycles. The maximum absolute atomic E-state index is 11.9. The highest BCUT2D eigenvalue weighted by atomic mass is 16.5. The second-order valence-electron chi connectivity index (χ2n) is 5.65. The maximum Gasteiger partial charge on any atom is 0.221 e. The van der Waals surface area contributed by atoms with Gasteiger partial charge in [0.05, 0.1) is 13.2 Å². The number of likely N-dealkylation sites (tertiary alicyclic amines) is 1. The lowest BCUT2D eigenvalue weighted by atomic mass is 10.1. The second-order valence-corrected chi connectivity index (χ2v) is 5.65. The third-order valence-corrected chi connectivity index (χ3v) is 4.17. The number of nitrogens with one attached hydrogen (secondary N) is 1. The molecule has 1 N–H and O–H groups in total. The molecule has 1 aromatic rings. The van der Waals surface area contributed by atoms with E-state index in [-0.39, 0.29) is 5.91 Å². The highest BCUT2D eigenvalue weighted by molar-refractivity contribution is 5.76. The Morgan fingerprint density at radius 2 is 1.91 bits per heavy atom. The zero-order chi connectivity index (χ0) is 15.8. The van der Waals surface area contributed by atoms with Crippen LogP contribution in [-0.2, 0) is 16.1 Å². The van der Waals surface area contributed by atoms with Crippen LogP contribution in [0, 0.1) is 0 Å². The molecule has 1 aliphatic heterocycles. The van der Waals surface area contributed by atoms with Crippen LogP contribution in [-0.4, -0.2) is 50.8 Å². The van der Waals surface area contributed by atoms with Crippen LogP contribution in [0.15, 0.2) is 24.3 Å². The molecule has 2 rings (SSSR count). The van der Waals surface area contributed by atoms with Crippen molar-refractivity contribution in [2.75, 3.05) is 33.9 Å². The molecule has 0 aliphatic carbocycles. The van der Waals surface area contributed by atoms with E-state index in [1.807, 2.05) is 24.3 Å². The summed E-state index contributed by atoms with van der Waals surface area (Å²) in [6.45, 7) is 3.42. The Kier molecular flexibility index (Phi) is 6.68. The van der Waals surface area contributed by atoms with Gasteiger partial charge in [-0.05, 0) is 30.5 Å². The van der Waals surface area contributed by atoms with Crippen LogP contribution >= 0.6 is 0 Å². The molecule has 1 heterocycles. The molecule has 5 heteroatoms. The standard InChI is InChI=1S/C17H26N2O3/c1-21-15-5-3-14(4-6-15)13-18-17(20)9-12-19-10-7-16(22-2)8-11-19/h3-6,16H,7-13H2,1-2H3,(H,18,20). The Morgan fingerprint density at radius 1 is 1.23 bits per heavy atom. The van der Waals surface area contributed by atoms with Gasteiger partial charge >= 0.3 is 0 Å². The largest absolute Gasteiger partial charge is 0.497 e. The fourth-order valence-corrected chi connectivity index (χ4v) is 2.66. The molecule has 0 spiro atoms. The van der Waals surface area contributed by atoms with E-state index < -0.39 is 0 Å². The lowest BCUT2D eigenvalue weighted by molar-refractivity contribution is -0.121. The van der Waals surface area contributed by atoms with Crippen molar-refractivity contribution in [3.05, 3.63) is 29.8 Å². The molecule has 1 amide bonds. The second kappa shape index (κ2) is 8.76. The van der Waals surface area contributed by atoms with E-state index in [0.29, 0.717) is 19.1 Å². The third kappa shape index (κ3) is 5.31. The number of ether oxygens (including phenoxy) is 2. The molecule has 0 unspecified atom stereocenters. The van der Waals surface area contributed by atoms with Gasteiger partial charge in [0, 0.05) is 39.7 Å². The van der Waals surface area contributed by atoms with Crippen molar-refractivity contribution >= 4 is 5.91 Å². The maximum atomic E-state index is 11.9. The van der Waals surface area contributed by atoms with Crippen LogP contribution in [0.5, 0.6) is 5.75 Å². The first-order valence-electron chi connectivity index (χ1n) is 7.86. The SMILES string of the molecule is COc1ccc(CNC(=O)CCN2CCC(OC)CC2)cc1. The van der Waals surface area contributed by atoms with Crippen LogP contribution in [0.1, 0.15) is 24.8 Å². The van der Waals surface area contributed by atoms with Gasteiger partial charge in [0.2, 0.25) is 5.91 Å². The summed E-state index contributed by atoms with van der Waals surface area (Å²) in [6.07, 6.45) is 3.06. The first kappa shape index (κ1) is 16.8. The average molecular weight is 306 g/mol. The molecule has 5 nitrogen and oxygen atoms in total. The summed E-state index contributed by atoms with van der Waals surface area (Å²) >= 11 is 0. The van der Waals surface area contributed by atoms with Gasteiger partial charge in [0.25, 0.3) is 0 Å². The highest BCUT2D eigenvalue weighted by Crippen LogP contribution is 2.13. The fourth-order valence-electron chi connectivity index (χ4n) is 2.66. The van der Waals surface area contributed by atoms with Gasteiger partial charge < -0.3 is 19.7 Å². The van der Waals surface area contributed by atoms with Crippen LogP contribution in [0.2, 0.25) is 0 Å². The predicted molar refractivity (Wildman–Crippen MR) is 85.9 cm³/mol. The summed E-state index contributed by atoms with van der Waals surface area (Å²) in [4.78, 5) is 14.3. The van der Waals surface area contributed by atoms with Crippen molar-refractivity contribution in [3.63, 3.8) is 0 Å².